The Morgan fingerprint density at radius 2 is 1.71 bits per heavy atom. The van der Waals surface area contributed by atoms with E-state index in [0.29, 0.717) is 41.3 Å². The number of fused-ring (bicyclic) bond motifs is 1. The molecule has 1 saturated heterocycles. The zero-order valence-electron chi connectivity index (χ0n) is 23.5. The van der Waals surface area contributed by atoms with Crippen molar-refractivity contribution >= 4 is 38.6 Å². The number of hydrogen-bond acceptors (Lipinski definition) is 7. The Bertz CT molecular complexity index is 1680. The molecule has 0 spiro atoms. The minimum atomic E-state index is -3.66. The summed E-state index contributed by atoms with van der Waals surface area (Å²) < 4.78 is 35.3. The van der Waals surface area contributed by atoms with Crippen molar-refractivity contribution in [3.63, 3.8) is 0 Å². The van der Waals surface area contributed by atoms with Crippen LogP contribution >= 0.6 is 0 Å². The van der Waals surface area contributed by atoms with Gasteiger partial charge in [0.2, 0.25) is 15.9 Å². The van der Waals surface area contributed by atoms with E-state index in [1.165, 1.54) is 26.0 Å². The molecule has 3 heterocycles. The Balaban J connectivity index is 1.40. The Morgan fingerprint density at radius 1 is 1.00 bits per heavy atom. The zero-order valence-corrected chi connectivity index (χ0v) is 24.3. The van der Waals surface area contributed by atoms with Crippen molar-refractivity contribution in [3.05, 3.63) is 72.2 Å². The molecular weight excluding hydrogens is 556 g/mol. The number of anilines is 1. The van der Waals surface area contributed by atoms with E-state index in [2.05, 4.69) is 15.6 Å². The molecule has 6 rings (SSSR count). The normalized spacial score (nSPS) is 17.1. The highest BCUT2D eigenvalue weighted by Crippen LogP contribution is 2.32. The number of para-hydroxylation sites is 1. The van der Waals surface area contributed by atoms with Crippen LogP contribution in [-0.2, 0) is 26.2 Å². The lowest BCUT2D eigenvalue weighted by Gasteiger charge is -2.31. The van der Waals surface area contributed by atoms with Crippen molar-refractivity contribution in [1.29, 1.82) is 0 Å². The van der Waals surface area contributed by atoms with Crippen LogP contribution in [0.25, 0.3) is 11.0 Å². The number of hydrogen-bond donors (Lipinski definition) is 1. The Morgan fingerprint density at radius 3 is 2.40 bits per heavy atom. The number of rotatable bonds is 9. The summed E-state index contributed by atoms with van der Waals surface area (Å²) >= 11 is 0. The molecule has 11 nitrogen and oxygen atoms in total. The highest BCUT2D eigenvalue weighted by Gasteiger charge is 2.37. The molecule has 0 bridgehead atoms. The van der Waals surface area contributed by atoms with E-state index in [0.717, 1.165) is 38.5 Å². The van der Waals surface area contributed by atoms with E-state index < -0.39 is 22.0 Å². The van der Waals surface area contributed by atoms with Crippen LogP contribution in [0, 0.1) is 6.92 Å². The molecule has 0 radical (unpaired) electrons. The monoisotopic (exact) mass is 590 g/mol. The van der Waals surface area contributed by atoms with Crippen LogP contribution in [0.4, 0.5) is 5.69 Å². The molecule has 12 heteroatoms. The third kappa shape index (κ3) is 5.56. The number of aromatic nitrogens is 3. The number of benzene rings is 2. The van der Waals surface area contributed by atoms with Gasteiger partial charge in [0, 0.05) is 24.8 Å². The molecule has 42 heavy (non-hydrogen) atoms. The summed E-state index contributed by atoms with van der Waals surface area (Å²) in [6.07, 6.45) is 5.47. The van der Waals surface area contributed by atoms with E-state index in [9.17, 15) is 18.0 Å². The average molecular weight is 591 g/mol. The number of sulfonamides is 1. The van der Waals surface area contributed by atoms with Gasteiger partial charge in [-0.3, -0.25) is 14.5 Å². The third-order valence-corrected chi connectivity index (χ3v) is 9.94. The number of amides is 2. The second kappa shape index (κ2) is 11.7. The van der Waals surface area contributed by atoms with Gasteiger partial charge >= 0.3 is 0 Å². The summed E-state index contributed by atoms with van der Waals surface area (Å²) in [5, 5.41) is 11.5. The molecule has 2 fully saturated rings. The minimum absolute atomic E-state index is 0.0141. The minimum Gasteiger partial charge on any atom is -0.464 e. The number of nitrogens with zero attached hydrogens (tertiary/aromatic N) is 5. The fourth-order valence-electron chi connectivity index (χ4n) is 5.86. The molecular formula is C30H34N6O5S. The highest BCUT2D eigenvalue weighted by atomic mass is 32.2. The summed E-state index contributed by atoms with van der Waals surface area (Å²) in [5.41, 5.74) is 1.69. The fraction of sp³-hybridized carbons (Fsp3) is 0.400. The lowest BCUT2D eigenvalue weighted by atomic mass is 10.1. The quantitative estimate of drug-likeness (QED) is 0.312. The van der Waals surface area contributed by atoms with Gasteiger partial charge in [0.05, 0.1) is 10.4 Å². The first-order valence-corrected chi connectivity index (χ1v) is 15.8. The largest absolute Gasteiger partial charge is 0.464 e. The molecule has 1 N–H and O–H groups in total. The van der Waals surface area contributed by atoms with Gasteiger partial charge in [-0.05, 0) is 81.1 Å². The van der Waals surface area contributed by atoms with Crippen LogP contribution in [0.5, 0.6) is 0 Å². The van der Waals surface area contributed by atoms with Crippen LogP contribution < -0.4 is 10.2 Å². The Kier molecular flexibility index (Phi) is 7.82. The van der Waals surface area contributed by atoms with Crippen LogP contribution in [-0.4, -0.2) is 58.7 Å². The number of carbonyl (C=O) groups is 2. The number of nitrogens with one attached hydrogen (secondary N) is 1. The van der Waals surface area contributed by atoms with Gasteiger partial charge in [0.1, 0.15) is 23.6 Å². The van der Waals surface area contributed by atoms with Crippen LogP contribution in [0.15, 0.2) is 70.0 Å². The molecule has 1 aliphatic carbocycles. The van der Waals surface area contributed by atoms with Crippen LogP contribution in [0.1, 0.15) is 56.1 Å². The van der Waals surface area contributed by atoms with E-state index in [1.807, 2.05) is 24.3 Å². The number of carbonyl (C=O) groups excluding carboxylic acids is 2. The van der Waals surface area contributed by atoms with Gasteiger partial charge in [0.25, 0.3) is 5.91 Å². The zero-order chi connectivity index (χ0) is 29.3. The molecule has 1 aliphatic heterocycles. The van der Waals surface area contributed by atoms with Gasteiger partial charge < -0.3 is 9.73 Å². The summed E-state index contributed by atoms with van der Waals surface area (Å²) in [6.45, 7) is 2.56. The topological polar surface area (TPSA) is 131 Å². The predicted molar refractivity (Wildman–Crippen MR) is 156 cm³/mol. The number of aryl methyl sites for hydroxylation is 1. The van der Waals surface area contributed by atoms with Crippen molar-refractivity contribution < 1.29 is 22.4 Å². The molecule has 1 atom stereocenters. The first kappa shape index (κ1) is 28.1. The molecule has 2 aromatic carbocycles. The SMILES string of the molecule is Cc1ccc([C@@H](C(=O)NC2CCCC2)N(C(=O)Cn2nnc3ccccc32)c2ccc(S(=O)(=O)N3CCCC3)cc2)o1. The second-order valence-electron chi connectivity index (χ2n) is 10.9. The summed E-state index contributed by atoms with van der Waals surface area (Å²) in [5.74, 6) is 0.127. The maximum Gasteiger partial charge on any atom is 0.251 e. The standard InChI is InChI=1S/C30H34N6O5S/c1-21-12-17-27(41-21)29(30(38)31-22-8-2-3-9-22)36(28(37)20-35-26-11-5-4-10-25(26)32-33-35)23-13-15-24(16-14-23)42(39,40)34-18-6-7-19-34/h4-5,10-17,22,29H,2-3,6-9,18-20H2,1H3,(H,31,38)/t29-/m0/s1. The summed E-state index contributed by atoms with van der Waals surface area (Å²) in [4.78, 5) is 29.7. The molecule has 220 valence electrons. The predicted octanol–water partition coefficient (Wildman–Crippen LogP) is 3.95. The molecule has 4 aromatic rings. The summed E-state index contributed by atoms with van der Waals surface area (Å²) in [6, 6.07) is 15.8. The molecule has 2 aliphatic rings. The van der Waals surface area contributed by atoms with Crippen molar-refractivity contribution in [2.45, 2.75) is 69.0 Å². The van der Waals surface area contributed by atoms with E-state index in [1.54, 1.807) is 31.2 Å². The fourth-order valence-corrected chi connectivity index (χ4v) is 7.37. The molecule has 1 saturated carbocycles. The second-order valence-corrected chi connectivity index (χ2v) is 12.9. The van der Waals surface area contributed by atoms with Crippen LogP contribution in [0.2, 0.25) is 0 Å². The third-order valence-electron chi connectivity index (χ3n) is 8.03. The first-order valence-electron chi connectivity index (χ1n) is 14.4. The van der Waals surface area contributed by atoms with Gasteiger partial charge in [-0.15, -0.1) is 5.10 Å². The summed E-state index contributed by atoms with van der Waals surface area (Å²) in [7, 11) is -3.66. The van der Waals surface area contributed by atoms with Crippen molar-refractivity contribution in [2.24, 2.45) is 0 Å². The molecule has 0 unspecified atom stereocenters. The van der Waals surface area contributed by atoms with Crippen LogP contribution in [0.3, 0.4) is 0 Å². The van der Waals surface area contributed by atoms with E-state index in [-0.39, 0.29) is 23.4 Å². The van der Waals surface area contributed by atoms with Gasteiger partial charge in [-0.25, -0.2) is 13.1 Å². The maximum absolute atomic E-state index is 14.2. The first-order chi connectivity index (χ1) is 20.3. The van der Waals surface area contributed by atoms with Gasteiger partial charge in [-0.1, -0.05) is 30.2 Å². The maximum atomic E-state index is 14.2. The highest BCUT2D eigenvalue weighted by molar-refractivity contribution is 7.89. The Labute approximate surface area is 244 Å². The van der Waals surface area contributed by atoms with Gasteiger partial charge in [-0.2, -0.15) is 4.31 Å². The molecule has 2 aromatic heterocycles. The Hall–Kier alpha value is -4.03. The molecule has 2 amide bonds. The van der Waals surface area contributed by atoms with E-state index >= 15 is 0 Å². The van der Waals surface area contributed by atoms with Gasteiger partial charge in [0.15, 0.2) is 6.04 Å². The lowest BCUT2D eigenvalue weighted by molar-refractivity contribution is -0.127. The van der Waals surface area contributed by atoms with Crippen molar-refractivity contribution in [2.75, 3.05) is 18.0 Å². The average Bonchev–Trinajstić information content (AvgIpc) is 3.81. The number of furan rings is 1. The van der Waals surface area contributed by atoms with Crippen molar-refractivity contribution in [1.82, 2.24) is 24.6 Å². The van der Waals surface area contributed by atoms with Crippen molar-refractivity contribution in [3.8, 4) is 0 Å². The smallest absolute Gasteiger partial charge is 0.251 e. The van der Waals surface area contributed by atoms with E-state index in [4.69, 9.17) is 4.42 Å². The lowest BCUT2D eigenvalue weighted by Crippen LogP contribution is -2.47.